The first-order valence-electron chi connectivity index (χ1n) is 13.9. The van der Waals surface area contributed by atoms with Crippen LogP contribution in [0.2, 0.25) is 18.1 Å². The minimum absolute atomic E-state index is 0.146. The monoisotopic (exact) mass is 526 g/mol. The molecule has 38 heavy (non-hydrogen) atoms. The summed E-state index contributed by atoms with van der Waals surface area (Å²) >= 11 is 0. The molecule has 200 valence electrons. The number of piperazine rings is 1. The van der Waals surface area contributed by atoms with Crippen LogP contribution in [0.25, 0.3) is 6.08 Å². The van der Waals surface area contributed by atoms with E-state index in [-0.39, 0.29) is 11.1 Å². The summed E-state index contributed by atoms with van der Waals surface area (Å²) in [5, 5.41) is 0.146. The van der Waals surface area contributed by atoms with Gasteiger partial charge in [0.1, 0.15) is 18.1 Å². The molecule has 3 aromatic carbocycles. The van der Waals surface area contributed by atoms with Crippen molar-refractivity contribution >= 4 is 14.4 Å². The first kappa shape index (κ1) is 26.7. The Morgan fingerprint density at radius 2 is 1.61 bits per heavy atom. The molecule has 0 aliphatic carbocycles. The Labute approximate surface area is 230 Å². The molecule has 1 atom stereocenters. The zero-order valence-electron chi connectivity index (χ0n) is 23.6. The van der Waals surface area contributed by atoms with E-state index in [0.717, 1.165) is 44.2 Å². The highest BCUT2D eigenvalue weighted by Crippen LogP contribution is 2.43. The molecule has 4 nitrogen and oxygen atoms in total. The Morgan fingerprint density at radius 3 is 2.34 bits per heavy atom. The van der Waals surface area contributed by atoms with E-state index in [1.807, 2.05) is 0 Å². The smallest absolute Gasteiger partial charge is 0.250 e. The lowest BCUT2D eigenvalue weighted by atomic mass is 9.93. The Hall–Kier alpha value is -2.86. The summed E-state index contributed by atoms with van der Waals surface area (Å²) in [4.78, 5) is 5.19. The third-order valence-corrected chi connectivity index (χ3v) is 12.8. The molecule has 0 N–H and O–H groups in total. The van der Waals surface area contributed by atoms with E-state index in [0.29, 0.717) is 6.61 Å². The quantitative estimate of drug-likeness (QED) is 0.313. The molecule has 0 bridgehead atoms. The van der Waals surface area contributed by atoms with E-state index in [1.54, 1.807) is 0 Å². The number of rotatable bonds is 6. The van der Waals surface area contributed by atoms with Gasteiger partial charge in [-0.25, -0.2) is 0 Å². The summed E-state index contributed by atoms with van der Waals surface area (Å²) < 4.78 is 13.1. The van der Waals surface area contributed by atoms with Crippen LogP contribution in [0, 0.1) is 0 Å². The predicted octanol–water partition coefficient (Wildman–Crippen LogP) is 7.38. The molecule has 2 heterocycles. The van der Waals surface area contributed by atoms with Crippen LogP contribution in [-0.2, 0) is 6.61 Å². The zero-order chi connectivity index (χ0) is 26.8. The molecule has 1 fully saturated rings. The van der Waals surface area contributed by atoms with Gasteiger partial charge in [-0.05, 0) is 53.0 Å². The summed E-state index contributed by atoms with van der Waals surface area (Å²) in [6, 6.07) is 26.0. The first-order chi connectivity index (χ1) is 18.2. The van der Waals surface area contributed by atoms with Crippen molar-refractivity contribution in [2.45, 2.75) is 51.6 Å². The standard InChI is InChI=1S/C33H42N2O2Si/c1-33(2,3)38(4,5)37-28-17-18-31-30(24-28)32(29-16-10-9-15-27(29)25-36-31)35-22-20-34(21-23-35)19-11-14-26-12-7-6-8-13-26/h6-18,24,32H,19-23,25H2,1-5H3. The maximum Gasteiger partial charge on any atom is 0.250 e. The van der Waals surface area contributed by atoms with Crippen molar-refractivity contribution in [3.63, 3.8) is 0 Å². The van der Waals surface area contributed by atoms with Crippen LogP contribution in [0.4, 0.5) is 0 Å². The van der Waals surface area contributed by atoms with Crippen molar-refractivity contribution in [2.24, 2.45) is 0 Å². The fraction of sp³-hybridized carbons (Fsp3) is 0.394. The van der Waals surface area contributed by atoms with E-state index in [2.05, 4.69) is 129 Å². The third-order valence-electron chi connectivity index (χ3n) is 8.43. The molecule has 1 saturated heterocycles. The predicted molar refractivity (Wildman–Crippen MR) is 160 cm³/mol. The highest BCUT2D eigenvalue weighted by molar-refractivity contribution is 6.74. The first-order valence-corrected chi connectivity index (χ1v) is 16.8. The molecule has 5 heteroatoms. The molecule has 2 aliphatic heterocycles. The fourth-order valence-corrected chi connectivity index (χ4v) is 6.16. The van der Waals surface area contributed by atoms with Crippen molar-refractivity contribution in [3.8, 4) is 11.5 Å². The van der Waals surface area contributed by atoms with Gasteiger partial charge in [-0.2, -0.15) is 0 Å². The number of benzene rings is 3. The molecular weight excluding hydrogens is 484 g/mol. The lowest BCUT2D eigenvalue weighted by Crippen LogP contribution is -2.47. The maximum absolute atomic E-state index is 6.74. The summed E-state index contributed by atoms with van der Waals surface area (Å²) in [7, 11) is -1.95. The van der Waals surface area contributed by atoms with Crippen LogP contribution >= 0.6 is 0 Å². The van der Waals surface area contributed by atoms with E-state index < -0.39 is 8.32 Å². The van der Waals surface area contributed by atoms with Gasteiger partial charge in [0, 0.05) is 38.3 Å². The van der Waals surface area contributed by atoms with Gasteiger partial charge >= 0.3 is 0 Å². The second kappa shape index (κ2) is 11.1. The van der Waals surface area contributed by atoms with Crippen molar-refractivity contribution in [1.29, 1.82) is 0 Å². The van der Waals surface area contributed by atoms with Gasteiger partial charge in [-0.1, -0.05) is 87.5 Å². The van der Waals surface area contributed by atoms with Crippen LogP contribution < -0.4 is 9.16 Å². The van der Waals surface area contributed by atoms with Crippen LogP contribution in [0.3, 0.4) is 0 Å². The van der Waals surface area contributed by atoms with Gasteiger partial charge < -0.3 is 9.16 Å². The second-order valence-electron chi connectivity index (χ2n) is 12.1. The Balaban J connectivity index is 1.37. The van der Waals surface area contributed by atoms with Crippen LogP contribution in [0.1, 0.15) is 49.1 Å². The van der Waals surface area contributed by atoms with Crippen molar-refractivity contribution in [3.05, 3.63) is 101 Å². The lowest BCUT2D eigenvalue weighted by molar-refractivity contribution is 0.117. The number of fused-ring (bicyclic) bond motifs is 2. The largest absolute Gasteiger partial charge is 0.543 e. The van der Waals surface area contributed by atoms with Gasteiger partial charge in [0.25, 0.3) is 0 Å². The van der Waals surface area contributed by atoms with Crippen molar-refractivity contribution < 1.29 is 9.16 Å². The maximum atomic E-state index is 6.74. The van der Waals surface area contributed by atoms with E-state index in [4.69, 9.17) is 9.16 Å². The number of ether oxygens (including phenoxy) is 1. The Kier molecular flexibility index (Phi) is 7.80. The molecule has 0 saturated carbocycles. The van der Waals surface area contributed by atoms with Gasteiger partial charge in [0.05, 0.1) is 6.04 Å². The summed E-state index contributed by atoms with van der Waals surface area (Å²) in [5.41, 5.74) is 5.11. The van der Waals surface area contributed by atoms with Gasteiger partial charge in [-0.15, -0.1) is 0 Å². The highest BCUT2D eigenvalue weighted by atomic mass is 28.4. The van der Waals surface area contributed by atoms with Crippen LogP contribution in [-0.4, -0.2) is 50.8 Å². The van der Waals surface area contributed by atoms with Crippen LogP contribution in [0.5, 0.6) is 11.5 Å². The highest BCUT2D eigenvalue weighted by Gasteiger charge is 2.39. The molecule has 2 aliphatic rings. The van der Waals surface area contributed by atoms with Gasteiger partial charge in [0.15, 0.2) is 0 Å². The number of hydrogen-bond donors (Lipinski definition) is 0. The minimum Gasteiger partial charge on any atom is -0.543 e. The lowest BCUT2D eigenvalue weighted by Gasteiger charge is -2.40. The van der Waals surface area contributed by atoms with Gasteiger partial charge in [0.2, 0.25) is 8.32 Å². The molecule has 0 aromatic heterocycles. The summed E-state index contributed by atoms with van der Waals surface area (Å²) in [5.74, 6) is 1.94. The molecule has 3 aromatic rings. The Bertz CT molecular complexity index is 1260. The molecule has 1 unspecified atom stereocenters. The SMILES string of the molecule is CC(C)(C)[Si](C)(C)Oc1ccc2c(c1)C(N1CCN(CC=Cc3ccccc3)CC1)c1ccccc1CO2. The van der Waals surface area contributed by atoms with Gasteiger partial charge in [-0.3, -0.25) is 9.80 Å². The van der Waals surface area contributed by atoms with Crippen LogP contribution in [0.15, 0.2) is 78.9 Å². The fourth-order valence-electron chi connectivity index (χ4n) is 5.14. The second-order valence-corrected chi connectivity index (χ2v) is 16.8. The normalized spacial score (nSPS) is 18.9. The Morgan fingerprint density at radius 1 is 0.895 bits per heavy atom. The average molecular weight is 527 g/mol. The summed E-state index contributed by atoms with van der Waals surface area (Å²) in [6.07, 6.45) is 4.52. The van der Waals surface area contributed by atoms with E-state index in [9.17, 15) is 0 Å². The number of hydrogen-bond acceptors (Lipinski definition) is 4. The summed E-state index contributed by atoms with van der Waals surface area (Å²) in [6.45, 7) is 17.2. The molecule has 0 radical (unpaired) electrons. The molecule has 0 amide bonds. The topological polar surface area (TPSA) is 24.9 Å². The van der Waals surface area contributed by atoms with Crippen molar-refractivity contribution in [2.75, 3.05) is 32.7 Å². The molecule has 0 spiro atoms. The zero-order valence-corrected chi connectivity index (χ0v) is 24.6. The number of nitrogens with zero attached hydrogens (tertiary/aromatic N) is 2. The average Bonchev–Trinajstić information content (AvgIpc) is 3.05. The molecule has 5 rings (SSSR count). The van der Waals surface area contributed by atoms with E-state index in [1.165, 1.54) is 22.3 Å². The minimum atomic E-state index is -1.95. The van der Waals surface area contributed by atoms with Crippen molar-refractivity contribution in [1.82, 2.24) is 9.80 Å². The molecular formula is C33H42N2O2Si. The van der Waals surface area contributed by atoms with E-state index >= 15 is 0 Å². The third kappa shape index (κ3) is 5.90.